The second-order valence-corrected chi connectivity index (χ2v) is 13.3. The maximum Gasteiger partial charge on any atom is 0.0541 e. The van der Waals surface area contributed by atoms with Crippen LogP contribution in [-0.4, -0.2) is 9.13 Å². The fourth-order valence-corrected chi connectivity index (χ4v) is 7.99. The van der Waals surface area contributed by atoms with Crippen molar-refractivity contribution in [3.63, 3.8) is 0 Å². The third-order valence-electron chi connectivity index (χ3n) is 10.3. The van der Waals surface area contributed by atoms with Gasteiger partial charge in [-0.15, -0.1) is 0 Å². The van der Waals surface area contributed by atoms with Gasteiger partial charge < -0.3 is 9.13 Å². The van der Waals surface area contributed by atoms with E-state index in [0.29, 0.717) is 0 Å². The highest BCUT2D eigenvalue weighted by Crippen LogP contribution is 2.42. The number of rotatable bonds is 7. The molecule has 0 saturated carbocycles. The first-order chi connectivity index (χ1) is 25.2. The molecule has 1 aliphatic carbocycles. The van der Waals surface area contributed by atoms with E-state index in [9.17, 15) is 0 Å². The van der Waals surface area contributed by atoms with Gasteiger partial charge in [-0.25, -0.2) is 0 Å². The molecule has 2 nitrogen and oxygen atoms in total. The highest BCUT2D eigenvalue weighted by Gasteiger charge is 2.23. The van der Waals surface area contributed by atoms with Crippen LogP contribution in [0, 0.1) is 0 Å². The average molecular weight is 655 g/mol. The number of aromatic nitrogens is 2. The Balaban J connectivity index is 1.21. The lowest BCUT2D eigenvalue weighted by atomic mass is 9.90. The Morgan fingerprint density at radius 1 is 0.569 bits per heavy atom. The van der Waals surface area contributed by atoms with Crippen LogP contribution in [0.15, 0.2) is 176 Å². The molecule has 2 aromatic heterocycles. The molecular formula is C49H38N2. The molecule has 0 fully saturated rings. The highest BCUT2D eigenvalue weighted by atomic mass is 15.0. The predicted octanol–water partition coefficient (Wildman–Crippen LogP) is 13.2. The van der Waals surface area contributed by atoms with Crippen LogP contribution in [0.5, 0.6) is 0 Å². The first kappa shape index (κ1) is 30.7. The summed E-state index contributed by atoms with van der Waals surface area (Å²) in [5.74, 6) is 0. The number of benzene rings is 6. The van der Waals surface area contributed by atoms with Crippen molar-refractivity contribution >= 4 is 50.1 Å². The van der Waals surface area contributed by atoms with Gasteiger partial charge in [0, 0.05) is 38.8 Å². The Morgan fingerprint density at radius 2 is 1.18 bits per heavy atom. The molecule has 9 rings (SSSR count). The standard InChI is InChI=1S/C49H38N2/c1-3-13-40(14-4-2)50-46-20-12-11-19-42(46)43-32-38(24-29-47(43)50)39-25-30-49-45(33-39)44-31-37(35-17-9-6-10-18-35)23-28-48(44)51(49)41-26-21-36(22-27-41)34-15-7-5-8-16-34/h3-24,26-29,31-33H,1,25,30H2,2H3/b14-4-,40-13+. The fraction of sp³-hybridized carbons (Fsp3) is 0.0612. The number of nitrogens with zero attached hydrogens (tertiary/aromatic N) is 2. The molecule has 0 unspecified atom stereocenters. The number of hydrogen-bond donors (Lipinski definition) is 0. The summed E-state index contributed by atoms with van der Waals surface area (Å²) in [4.78, 5) is 0. The first-order valence-corrected chi connectivity index (χ1v) is 17.8. The number of fused-ring (bicyclic) bond motifs is 6. The van der Waals surface area contributed by atoms with E-state index >= 15 is 0 Å². The first-order valence-electron chi connectivity index (χ1n) is 17.8. The SMILES string of the molecule is C=C/C=C(\C=C/C)n1c2ccccc2c2cc(C3=Cc4c(n(-c5ccc(-c6ccccc6)cc5)c5ccc(-c6ccccc6)cc45)CC3)ccc21. The molecule has 0 bridgehead atoms. The van der Waals surface area contributed by atoms with Crippen LogP contribution >= 0.6 is 0 Å². The van der Waals surface area contributed by atoms with Crippen LogP contribution in [0.2, 0.25) is 0 Å². The molecule has 244 valence electrons. The van der Waals surface area contributed by atoms with Crippen molar-refractivity contribution in [3.8, 4) is 27.9 Å². The predicted molar refractivity (Wildman–Crippen MR) is 219 cm³/mol. The topological polar surface area (TPSA) is 9.86 Å². The van der Waals surface area contributed by atoms with E-state index in [1.54, 1.807) is 0 Å². The number of hydrogen-bond acceptors (Lipinski definition) is 0. The van der Waals surface area contributed by atoms with Gasteiger partial charge in [-0.05, 0) is 114 Å². The van der Waals surface area contributed by atoms with Crippen LogP contribution in [0.25, 0.3) is 78.0 Å². The summed E-state index contributed by atoms with van der Waals surface area (Å²) in [5, 5.41) is 3.81. The molecule has 0 atom stereocenters. The van der Waals surface area contributed by atoms with Crippen molar-refractivity contribution in [3.05, 3.63) is 193 Å². The van der Waals surface area contributed by atoms with Gasteiger partial charge in [0.1, 0.15) is 0 Å². The van der Waals surface area contributed by atoms with Gasteiger partial charge in [0.05, 0.1) is 16.6 Å². The van der Waals surface area contributed by atoms with Crippen molar-refractivity contribution in [1.29, 1.82) is 0 Å². The summed E-state index contributed by atoms with van der Waals surface area (Å²) in [5.41, 5.74) is 16.2. The van der Waals surface area contributed by atoms with E-state index < -0.39 is 0 Å². The quantitative estimate of drug-likeness (QED) is 0.151. The maximum atomic E-state index is 4.00. The van der Waals surface area contributed by atoms with Gasteiger partial charge in [-0.3, -0.25) is 0 Å². The zero-order valence-electron chi connectivity index (χ0n) is 28.8. The smallest absolute Gasteiger partial charge is 0.0541 e. The lowest BCUT2D eigenvalue weighted by Gasteiger charge is -2.18. The summed E-state index contributed by atoms with van der Waals surface area (Å²) < 4.78 is 4.85. The Labute approximate surface area is 299 Å². The molecule has 0 radical (unpaired) electrons. The zero-order chi connectivity index (χ0) is 34.3. The van der Waals surface area contributed by atoms with E-state index in [2.05, 4.69) is 193 Å². The summed E-state index contributed by atoms with van der Waals surface area (Å²) in [6.45, 7) is 6.06. The van der Waals surface area contributed by atoms with Crippen molar-refractivity contribution < 1.29 is 0 Å². The van der Waals surface area contributed by atoms with E-state index in [4.69, 9.17) is 0 Å². The van der Waals surface area contributed by atoms with Crippen LogP contribution in [-0.2, 0) is 6.42 Å². The molecule has 2 heterocycles. The van der Waals surface area contributed by atoms with Crippen molar-refractivity contribution in [2.75, 3.05) is 0 Å². The second kappa shape index (κ2) is 12.8. The van der Waals surface area contributed by atoms with Crippen molar-refractivity contribution in [2.45, 2.75) is 19.8 Å². The molecule has 0 N–H and O–H groups in total. The monoisotopic (exact) mass is 654 g/mol. The number of para-hydroxylation sites is 1. The van der Waals surface area contributed by atoms with Crippen LogP contribution in [0.3, 0.4) is 0 Å². The average Bonchev–Trinajstić information content (AvgIpc) is 3.70. The normalized spacial score (nSPS) is 13.3. The molecule has 2 heteroatoms. The Bertz CT molecular complexity index is 2680. The van der Waals surface area contributed by atoms with Gasteiger partial charge >= 0.3 is 0 Å². The largest absolute Gasteiger partial charge is 0.313 e. The lowest BCUT2D eigenvalue weighted by Crippen LogP contribution is -2.05. The Kier molecular flexibility index (Phi) is 7.71. The minimum absolute atomic E-state index is 0.963. The van der Waals surface area contributed by atoms with Gasteiger partial charge in [0.25, 0.3) is 0 Å². The summed E-state index contributed by atoms with van der Waals surface area (Å²) in [7, 11) is 0. The highest BCUT2D eigenvalue weighted by molar-refractivity contribution is 6.12. The Morgan fingerprint density at radius 3 is 1.92 bits per heavy atom. The molecular weight excluding hydrogens is 617 g/mol. The molecule has 6 aromatic carbocycles. The molecule has 0 amide bonds. The number of allylic oxidation sites excluding steroid dienone is 6. The molecule has 8 aromatic rings. The van der Waals surface area contributed by atoms with Crippen LogP contribution in [0.4, 0.5) is 0 Å². The molecule has 1 aliphatic rings. The summed E-state index contributed by atoms with van der Waals surface area (Å²) in [6, 6.07) is 53.1. The van der Waals surface area contributed by atoms with Crippen LogP contribution < -0.4 is 0 Å². The van der Waals surface area contributed by atoms with Gasteiger partial charge in [-0.1, -0.05) is 122 Å². The molecule has 0 aliphatic heterocycles. The van der Waals surface area contributed by atoms with E-state index in [-0.39, 0.29) is 0 Å². The molecule has 0 spiro atoms. The third-order valence-corrected chi connectivity index (χ3v) is 10.3. The minimum atomic E-state index is 0.963. The van der Waals surface area contributed by atoms with Gasteiger partial charge in [-0.2, -0.15) is 0 Å². The maximum absolute atomic E-state index is 4.00. The van der Waals surface area contributed by atoms with E-state index in [1.165, 1.54) is 83.0 Å². The fourth-order valence-electron chi connectivity index (χ4n) is 7.99. The Hall–Kier alpha value is -6.38. The summed E-state index contributed by atoms with van der Waals surface area (Å²) in [6.07, 6.45) is 12.6. The zero-order valence-corrected chi connectivity index (χ0v) is 28.8. The van der Waals surface area contributed by atoms with Gasteiger partial charge in [0.15, 0.2) is 0 Å². The summed E-state index contributed by atoms with van der Waals surface area (Å²) >= 11 is 0. The van der Waals surface area contributed by atoms with Crippen molar-refractivity contribution in [1.82, 2.24) is 9.13 Å². The van der Waals surface area contributed by atoms with Crippen molar-refractivity contribution in [2.24, 2.45) is 0 Å². The second-order valence-electron chi connectivity index (χ2n) is 13.3. The molecule has 51 heavy (non-hydrogen) atoms. The third kappa shape index (κ3) is 5.28. The minimum Gasteiger partial charge on any atom is -0.313 e. The van der Waals surface area contributed by atoms with E-state index in [0.717, 1.165) is 18.5 Å². The molecule has 0 saturated heterocycles. The lowest BCUT2D eigenvalue weighted by molar-refractivity contribution is 0.898. The van der Waals surface area contributed by atoms with Gasteiger partial charge in [0.2, 0.25) is 0 Å². The van der Waals surface area contributed by atoms with Crippen LogP contribution in [0.1, 0.15) is 30.2 Å². The van der Waals surface area contributed by atoms with E-state index in [1.807, 2.05) is 6.08 Å².